The molecule has 1 amide bonds. The summed E-state index contributed by atoms with van der Waals surface area (Å²) in [5.74, 6) is 0.254. The highest BCUT2D eigenvalue weighted by atomic mass is 79.9. The highest BCUT2D eigenvalue weighted by molar-refractivity contribution is 9.10. The number of aryl methyl sites for hydroxylation is 1. The molecule has 0 radical (unpaired) electrons. The normalized spacial score (nSPS) is 10.3. The molecule has 1 heterocycles. The second kappa shape index (κ2) is 4.89. The number of nitrogens with zero attached hydrogens (tertiary/aromatic N) is 1. The van der Waals surface area contributed by atoms with E-state index < -0.39 is 0 Å². The van der Waals surface area contributed by atoms with E-state index in [-0.39, 0.29) is 11.6 Å². The maximum atomic E-state index is 11.7. The number of aromatic nitrogens is 1. The zero-order valence-corrected chi connectivity index (χ0v) is 11.2. The molecule has 0 spiro atoms. The summed E-state index contributed by atoms with van der Waals surface area (Å²) in [7, 11) is 0. The number of amides is 1. The first kappa shape index (κ1) is 12.1. The van der Waals surface area contributed by atoms with Gasteiger partial charge in [-0.25, -0.2) is 0 Å². The lowest BCUT2D eigenvalue weighted by atomic mass is 10.3. The van der Waals surface area contributed by atoms with Crippen molar-refractivity contribution in [2.24, 2.45) is 0 Å². The van der Waals surface area contributed by atoms with Gasteiger partial charge in [-0.15, -0.1) is 0 Å². The van der Waals surface area contributed by atoms with E-state index in [9.17, 15) is 4.79 Å². The molecule has 0 saturated carbocycles. The average Bonchev–Trinajstić information content (AvgIpc) is 2.70. The van der Waals surface area contributed by atoms with Crippen LogP contribution in [0, 0.1) is 6.92 Å². The lowest BCUT2D eigenvalue weighted by Gasteiger charge is -2.04. The molecule has 6 heteroatoms. The van der Waals surface area contributed by atoms with Crippen molar-refractivity contribution in [2.45, 2.75) is 6.92 Å². The van der Waals surface area contributed by atoms with E-state index in [1.807, 2.05) is 0 Å². The predicted octanol–water partition coefficient (Wildman–Crippen LogP) is 3.65. The van der Waals surface area contributed by atoms with E-state index in [4.69, 9.17) is 16.1 Å². The Morgan fingerprint density at radius 2 is 2.24 bits per heavy atom. The molecule has 0 atom stereocenters. The number of hydrogen-bond acceptors (Lipinski definition) is 3. The van der Waals surface area contributed by atoms with Gasteiger partial charge in [0.1, 0.15) is 5.76 Å². The number of carbonyl (C=O) groups is 1. The predicted molar refractivity (Wildman–Crippen MR) is 68.3 cm³/mol. The van der Waals surface area contributed by atoms with Crippen LogP contribution in [0.3, 0.4) is 0 Å². The largest absolute Gasteiger partial charge is 0.361 e. The van der Waals surface area contributed by atoms with Crippen LogP contribution in [0.2, 0.25) is 5.02 Å². The fraction of sp³-hybridized carbons (Fsp3) is 0.0909. The molecular weight excluding hydrogens is 307 g/mol. The highest BCUT2D eigenvalue weighted by Crippen LogP contribution is 2.25. The Morgan fingerprint density at radius 3 is 2.82 bits per heavy atom. The Hall–Kier alpha value is -1.33. The highest BCUT2D eigenvalue weighted by Gasteiger charge is 2.11. The molecule has 4 nitrogen and oxygen atoms in total. The second-order valence-corrected chi connectivity index (χ2v) is 4.67. The summed E-state index contributed by atoms with van der Waals surface area (Å²) in [6.07, 6.45) is 0. The van der Waals surface area contributed by atoms with E-state index in [1.165, 1.54) is 0 Å². The van der Waals surface area contributed by atoms with Gasteiger partial charge in [-0.3, -0.25) is 4.79 Å². The molecule has 0 aliphatic rings. The molecule has 0 aliphatic heterocycles. The first-order valence-electron chi connectivity index (χ1n) is 4.76. The van der Waals surface area contributed by atoms with Gasteiger partial charge in [0.05, 0.1) is 5.02 Å². The molecule has 0 fully saturated rings. The van der Waals surface area contributed by atoms with Gasteiger partial charge in [0.15, 0.2) is 5.69 Å². The first-order valence-corrected chi connectivity index (χ1v) is 5.93. The monoisotopic (exact) mass is 314 g/mol. The van der Waals surface area contributed by atoms with Crippen LogP contribution >= 0.6 is 27.5 Å². The van der Waals surface area contributed by atoms with Crippen molar-refractivity contribution in [3.63, 3.8) is 0 Å². The van der Waals surface area contributed by atoms with Crippen LogP contribution in [-0.4, -0.2) is 11.1 Å². The molecule has 88 valence electrons. The third-order valence-corrected chi connectivity index (χ3v) is 3.27. The lowest BCUT2D eigenvalue weighted by molar-refractivity contribution is 0.101. The third kappa shape index (κ3) is 2.87. The quantitative estimate of drug-likeness (QED) is 0.920. The average molecular weight is 316 g/mol. The number of nitrogens with one attached hydrogen (secondary N) is 1. The van der Waals surface area contributed by atoms with Gasteiger partial charge in [-0.05, 0) is 41.1 Å². The molecule has 1 aromatic heterocycles. The minimum atomic E-state index is -0.333. The van der Waals surface area contributed by atoms with Crippen molar-refractivity contribution in [1.82, 2.24) is 5.16 Å². The van der Waals surface area contributed by atoms with Crippen molar-refractivity contribution in [2.75, 3.05) is 5.32 Å². The van der Waals surface area contributed by atoms with Crippen LogP contribution in [0.1, 0.15) is 16.2 Å². The van der Waals surface area contributed by atoms with Gasteiger partial charge >= 0.3 is 0 Å². The molecular formula is C11H8BrClN2O2. The Labute approximate surface area is 111 Å². The molecule has 1 N–H and O–H groups in total. The lowest BCUT2D eigenvalue weighted by Crippen LogP contribution is -2.12. The summed E-state index contributed by atoms with van der Waals surface area (Å²) in [4.78, 5) is 11.7. The molecule has 1 aromatic carbocycles. The molecule has 0 unspecified atom stereocenters. The van der Waals surface area contributed by atoms with E-state index >= 15 is 0 Å². The number of benzene rings is 1. The van der Waals surface area contributed by atoms with Crippen molar-refractivity contribution in [3.05, 3.63) is 45.2 Å². The van der Waals surface area contributed by atoms with Crippen LogP contribution in [0.25, 0.3) is 0 Å². The number of hydrogen-bond donors (Lipinski definition) is 1. The summed E-state index contributed by atoms with van der Waals surface area (Å²) in [6.45, 7) is 1.72. The number of anilines is 1. The van der Waals surface area contributed by atoms with E-state index in [2.05, 4.69) is 26.4 Å². The molecule has 2 aromatic rings. The fourth-order valence-corrected chi connectivity index (χ4v) is 1.67. The van der Waals surface area contributed by atoms with Crippen LogP contribution in [0.15, 0.2) is 33.3 Å². The van der Waals surface area contributed by atoms with Crippen LogP contribution in [0.5, 0.6) is 0 Å². The first-order chi connectivity index (χ1) is 8.06. The second-order valence-electron chi connectivity index (χ2n) is 3.41. The van der Waals surface area contributed by atoms with E-state index in [1.54, 1.807) is 31.2 Å². The minimum Gasteiger partial charge on any atom is -0.361 e. The Morgan fingerprint density at radius 1 is 1.47 bits per heavy atom. The number of rotatable bonds is 2. The van der Waals surface area contributed by atoms with Crippen molar-refractivity contribution < 1.29 is 9.32 Å². The smallest absolute Gasteiger partial charge is 0.277 e. The van der Waals surface area contributed by atoms with Gasteiger partial charge in [0.2, 0.25) is 0 Å². The van der Waals surface area contributed by atoms with E-state index in [0.29, 0.717) is 16.5 Å². The topological polar surface area (TPSA) is 55.1 Å². The maximum absolute atomic E-state index is 11.7. The molecule has 0 bridgehead atoms. The molecule has 2 rings (SSSR count). The minimum absolute atomic E-state index is 0.238. The summed E-state index contributed by atoms with van der Waals surface area (Å²) in [5.41, 5.74) is 0.838. The van der Waals surface area contributed by atoms with E-state index in [0.717, 1.165) is 4.47 Å². The van der Waals surface area contributed by atoms with Crippen molar-refractivity contribution in [3.8, 4) is 0 Å². The Kier molecular flexibility index (Phi) is 3.49. The van der Waals surface area contributed by atoms with Crippen molar-refractivity contribution >= 4 is 39.1 Å². The van der Waals surface area contributed by atoms with Gasteiger partial charge in [0, 0.05) is 16.2 Å². The molecule has 0 aliphatic carbocycles. The third-order valence-electron chi connectivity index (χ3n) is 2.04. The summed E-state index contributed by atoms with van der Waals surface area (Å²) < 4.78 is 5.59. The van der Waals surface area contributed by atoms with Gasteiger partial charge < -0.3 is 9.84 Å². The fourth-order valence-electron chi connectivity index (χ4n) is 1.24. The summed E-state index contributed by atoms with van der Waals surface area (Å²) >= 11 is 9.19. The Balaban J connectivity index is 2.15. The van der Waals surface area contributed by atoms with Crippen molar-refractivity contribution in [1.29, 1.82) is 0 Å². The standard InChI is InChI=1S/C11H8BrClN2O2/c1-6-4-10(15-17-6)11(16)14-7-2-3-8(12)9(13)5-7/h2-5H,1H3,(H,14,16). The summed E-state index contributed by atoms with van der Waals surface area (Å²) in [6, 6.07) is 6.71. The summed E-state index contributed by atoms with van der Waals surface area (Å²) in [5, 5.41) is 6.82. The van der Waals surface area contributed by atoms with Gasteiger partial charge in [0.25, 0.3) is 5.91 Å². The van der Waals surface area contributed by atoms with Crippen LogP contribution in [0.4, 0.5) is 5.69 Å². The van der Waals surface area contributed by atoms with Gasteiger partial charge in [-0.1, -0.05) is 16.8 Å². The van der Waals surface area contributed by atoms with Crippen LogP contribution in [-0.2, 0) is 0 Å². The number of carbonyl (C=O) groups excluding carboxylic acids is 1. The van der Waals surface area contributed by atoms with Gasteiger partial charge in [-0.2, -0.15) is 0 Å². The molecule has 0 saturated heterocycles. The Bertz CT molecular complexity index is 568. The SMILES string of the molecule is Cc1cc(C(=O)Nc2ccc(Br)c(Cl)c2)no1. The molecule has 17 heavy (non-hydrogen) atoms. The van der Waals surface area contributed by atoms with Crippen LogP contribution < -0.4 is 5.32 Å². The maximum Gasteiger partial charge on any atom is 0.277 e. The number of halogens is 2. The zero-order chi connectivity index (χ0) is 12.4. The zero-order valence-electron chi connectivity index (χ0n) is 8.83.